The van der Waals surface area contributed by atoms with E-state index in [0.717, 1.165) is 0 Å². The van der Waals surface area contributed by atoms with Crippen molar-refractivity contribution in [3.05, 3.63) is 35.4 Å². The maximum Gasteiger partial charge on any atom is 0.335 e. The van der Waals surface area contributed by atoms with E-state index in [9.17, 15) is 9.59 Å². The van der Waals surface area contributed by atoms with Crippen molar-refractivity contribution in [3.63, 3.8) is 0 Å². The fourth-order valence-electron chi connectivity index (χ4n) is 1.19. The normalized spacial score (nSPS) is 8.47. The Hall–Kier alpha value is -2.35. The van der Waals surface area contributed by atoms with Crippen molar-refractivity contribution in [3.8, 4) is 6.07 Å². The van der Waals surface area contributed by atoms with Crippen molar-refractivity contribution in [1.29, 1.82) is 5.26 Å². The van der Waals surface area contributed by atoms with Crippen LogP contribution in [0.3, 0.4) is 0 Å². The molecule has 0 fully saturated rings. The van der Waals surface area contributed by atoms with Crippen LogP contribution in [0.15, 0.2) is 24.3 Å². The predicted octanol–water partition coefficient (Wildman–Crippen LogP) is 1.93. The highest BCUT2D eigenvalue weighted by molar-refractivity contribution is 5.89. The van der Waals surface area contributed by atoms with Crippen LogP contribution in [0.5, 0.6) is 0 Å². The van der Waals surface area contributed by atoms with Gasteiger partial charge in [-0.05, 0) is 18.1 Å². The van der Waals surface area contributed by atoms with Crippen LogP contribution in [0.25, 0.3) is 0 Å². The van der Waals surface area contributed by atoms with Crippen LogP contribution in [0, 0.1) is 11.3 Å². The van der Waals surface area contributed by atoms with Crippen molar-refractivity contribution < 1.29 is 19.8 Å². The van der Waals surface area contributed by atoms with E-state index in [1.165, 1.54) is 13.0 Å². The molecule has 2 N–H and O–H groups in total. The molecule has 0 saturated carbocycles. The molecular weight excluding hydrogens is 222 g/mol. The first-order valence-electron chi connectivity index (χ1n) is 4.86. The first-order valence-corrected chi connectivity index (χ1v) is 4.86. The van der Waals surface area contributed by atoms with Crippen molar-refractivity contribution in [2.75, 3.05) is 0 Å². The molecule has 0 heterocycles. The molecule has 0 aliphatic rings. The summed E-state index contributed by atoms with van der Waals surface area (Å²) in [4.78, 5) is 21.0. The molecule has 0 atom stereocenters. The van der Waals surface area contributed by atoms with Gasteiger partial charge in [0.25, 0.3) is 0 Å². The SMILES string of the molecule is CC#N.O=C(O)CCc1ccccc1C(=O)O. The summed E-state index contributed by atoms with van der Waals surface area (Å²) in [6.45, 7) is 1.43. The third-order valence-corrected chi connectivity index (χ3v) is 1.86. The summed E-state index contributed by atoms with van der Waals surface area (Å²) in [6.07, 6.45) is 0.197. The molecule has 0 amide bonds. The summed E-state index contributed by atoms with van der Waals surface area (Å²) in [5, 5.41) is 24.6. The first-order chi connectivity index (χ1) is 8.02. The summed E-state index contributed by atoms with van der Waals surface area (Å²) in [6, 6.07) is 8.17. The minimum atomic E-state index is -1.02. The van der Waals surface area contributed by atoms with Crippen molar-refractivity contribution in [2.45, 2.75) is 19.8 Å². The van der Waals surface area contributed by atoms with Gasteiger partial charge in [0.2, 0.25) is 0 Å². The maximum absolute atomic E-state index is 10.7. The molecule has 0 aliphatic heterocycles. The Bertz CT molecular complexity index is 434. The van der Waals surface area contributed by atoms with Crippen LogP contribution in [0.2, 0.25) is 0 Å². The molecule has 1 rings (SSSR count). The smallest absolute Gasteiger partial charge is 0.335 e. The van der Waals surface area contributed by atoms with E-state index in [1.54, 1.807) is 24.3 Å². The van der Waals surface area contributed by atoms with Crippen molar-refractivity contribution >= 4 is 11.9 Å². The van der Waals surface area contributed by atoms with Crippen molar-refractivity contribution in [1.82, 2.24) is 0 Å². The van der Waals surface area contributed by atoms with Gasteiger partial charge in [-0.1, -0.05) is 18.2 Å². The van der Waals surface area contributed by atoms with Gasteiger partial charge < -0.3 is 10.2 Å². The quantitative estimate of drug-likeness (QED) is 0.830. The van der Waals surface area contributed by atoms with E-state index in [2.05, 4.69) is 0 Å². The number of aryl methyl sites for hydroxylation is 1. The molecular formula is C12H13NO4. The average Bonchev–Trinajstić information content (AvgIpc) is 2.27. The number of carboxylic acid groups (broad SMARTS) is 2. The summed E-state index contributed by atoms with van der Waals surface area (Å²) >= 11 is 0. The Morgan fingerprint density at radius 3 is 2.29 bits per heavy atom. The topological polar surface area (TPSA) is 98.4 Å². The summed E-state index contributed by atoms with van der Waals surface area (Å²) in [7, 11) is 0. The van der Waals surface area contributed by atoms with Gasteiger partial charge in [-0.2, -0.15) is 5.26 Å². The molecule has 17 heavy (non-hydrogen) atoms. The zero-order valence-electron chi connectivity index (χ0n) is 9.38. The molecule has 5 nitrogen and oxygen atoms in total. The van der Waals surface area contributed by atoms with E-state index in [1.807, 2.05) is 0 Å². The molecule has 0 unspecified atom stereocenters. The Labute approximate surface area is 98.9 Å². The fraction of sp³-hybridized carbons (Fsp3) is 0.250. The predicted molar refractivity (Wildman–Crippen MR) is 60.6 cm³/mol. The van der Waals surface area contributed by atoms with E-state index in [0.29, 0.717) is 5.56 Å². The van der Waals surface area contributed by atoms with Crippen LogP contribution in [0.4, 0.5) is 0 Å². The second-order valence-corrected chi connectivity index (χ2v) is 3.08. The van der Waals surface area contributed by atoms with Gasteiger partial charge in [0.05, 0.1) is 11.6 Å². The fourth-order valence-corrected chi connectivity index (χ4v) is 1.19. The van der Waals surface area contributed by atoms with Crippen LogP contribution >= 0.6 is 0 Å². The number of benzene rings is 1. The van der Waals surface area contributed by atoms with E-state index < -0.39 is 11.9 Å². The Morgan fingerprint density at radius 2 is 1.82 bits per heavy atom. The van der Waals surface area contributed by atoms with E-state index in [-0.39, 0.29) is 18.4 Å². The van der Waals surface area contributed by atoms with Gasteiger partial charge >= 0.3 is 11.9 Å². The zero-order chi connectivity index (χ0) is 13.3. The largest absolute Gasteiger partial charge is 0.481 e. The number of carboxylic acids is 2. The molecule has 0 radical (unpaired) electrons. The summed E-state index contributed by atoms with van der Waals surface area (Å²) in [5.74, 6) is -1.95. The van der Waals surface area contributed by atoms with Crippen molar-refractivity contribution in [2.24, 2.45) is 0 Å². The number of aliphatic carboxylic acids is 1. The Morgan fingerprint density at radius 1 is 1.29 bits per heavy atom. The average molecular weight is 235 g/mol. The highest BCUT2D eigenvalue weighted by Crippen LogP contribution is 2.10. The molecule has 0 aliphatic carbocycles. The Balaban J connectivity index is 0.000000770. The molecule has 1 aromatic rings. The molecule has 0 spiro atoms. The van der Waals surface area contributed by atoms with Crippen LogP contribution < -0.4 is 0 Å². The summed E-state index contributed by atoms with van der Waals surface area (Å²) in [5.41, 5.74) is 0.733. The minimum absolute atomic E-state index is 0.0513. The number of carbonyl (C=O) groups is 2. The number of nitrogens with zero attached hydrogens (tertiary/aromatic N) is 1. The number of aromatic carboxylic acids is 1. The highest BCUT2D eigenvalue weighted by atomic mass is 16.4. The zero-order valence-corrected chi connectivity index (χ0v) is 9.38. The van der Waals surface area contributed by atoms with Gasteiger partial charge in [-0.3, -0.25) is 4.79 Å². The number of hydrogen-bond donors (Lipinski definition) is 2. The number of hydrogen-bond acceptors (Lipinski definition) is 3. The lowest BCUT2D eigenvalue weighted by molar-refractivity contribution is -0.136. The second kappa shape index (κ2) is 7.88. The lowest BCUT2D eigenvalue weighted by Crippen LogP contribution is -2.04. The van der Waals surface area contributed by atoms with Crippen LogP contribution in [-0.4, -0.2) is 22.2 Å². The summed E-state index contributed by atoms with van der Waals surface area (Å²) < 4.78 is 0. The standard InChI is InChI=1S/C10H10O4.C2H3N/c11-9(12)6-5-7-3-1-2-4-8(7)10(13)14;1-2-3/h1-4H,5-6H2,(H,11,12)(H,13,14);1H3. The van der Waals surface area contributed by atoms with E-state index >= 15 is 0 Å². The second-order valence-electron chi connectivity index (χ2n) is 3.08. The molecule has 0 aromatic heterocycles. The van der Waals surface area contributed by atoms with Gasteiger partial charge in [-0.15, -0.1) is 0 Å². The minimum Gasteiger partial charge on any atom is -0.481 e. The molecule has 0 saturated heterocycles. The molecule has 0 bridgehead atoms. The van der Waals surface area contributed by atoms with E-state index in [4.69, 9.17) is 15.5 Å². The lowest BCUT2D eigenvalue weighted by Gasteiger charge is -2.02. The monoisotopic (exact) mass is 235 g/mol. The molecule has 1 aromatic carbocycles. The number of nitriles is 1. The molecule has 5 heteroatoms. The first kappa shape index (κ1) is 14.6. The van der Waals surface area contributed by atoms with Crippen LogP contribution in [0.1, 0.15) is 29.3 Å². The third kappa shape index (κ3) is 5.95. The molecule has 90 valence electrons. The number of rotatable bonds is 4. The lowest BCUT2D eigenvalue weighted by atomic mass is 10.0. The maximum atomic E-state index is 10.7. The van der Waals surface area contributed by atoms with Gasteiger partial charge in [0.15, 0.2) is 0 Å². The highest BCUT2D eigenvalue weighted by Gasteiger charge is 2.09. The van der Waals surface area contributed by atoms with Gasteiger partial charge in [0, 0.05) is 13.3 Å². The third-order valence-electron chi connectivity index (χ3n) is 1.86. The Kier molecular flexibility index (Phi) is 6.79. The van der Waals surface area contributed by atoms with Gasteiger partial charge in [0.1, 0.15) is 0 Å². The van der Waals surface area contributed by atoms with Crippen LogP contribution in [-0.2, 0) is 11.2 Å². The van der Waals surface area contributed by atoms with Gasteiger partial charge in [-0.25, -0.2) is 4.79 Å².